The molecule has 1 rings (SSSR count). The van der Waals surface area contributed by atoms with Crippen LogP contribution in [0.1, 0.15) is 13.3 Å². The molecular formula is C4H7ClN2O2S. The molecule has 0 aromatic carbocycles. The van der Waals surface area contributed by atoms with E-state index in [4.69, 9.17) is 10.7 Å². The van der Waals surface area contributed by atoms with Gasteiger partial charge in [0.05, 0.1) is 5.75 Å². The Labute approximate surface area is 63.7 Å². The minimum atomic E-state index is -3.37. The zero-order valence-electron chi connectivity index (χ0n) is 5.41. The fraction of sp³-hybridized carbons (Fsp3) is 1.00. The molecule has 0 aliphatic carbocycles. The van der Waals surface area contributed by atoms with E-state index in [2.05, 4.69) is 10.2 Å². The molecule has 0 saturated heterocycles. The van der Waals surface area contributed by atoms with Gasteiger partial charge in [0.25, 0.3) is 0 Å². The van der Waals surface area contributed by atoms with Gasteiger partial charge in [-0.1, -0.05) is 0 Å². The van der Waals surface area contributed by atoms with Crippen LogP contribution in [-0.2, 0) is 9.05 Å². The van der Waals surface area contributed by atoms with Gasteiger partial charge >= 0.3 is 0 Å². The topological polar surface area (TPSA) is 58.9 Å². The second kappa shape index (κ2) is 2.17. The average molecular weight is 183 g/mol. The van der Waals surface area contributed by atoms with Crippen molar-refractivity contribution in [3.63, 3.8) is 0 Å². The predicted molar refractivity (Wildman–Crippen MR) is 37.5 cm³/mol. The Kier molecular flexibility index (Phi) is 1.72. The first-order valence-electron chi connectivity index (χ1n) is 2.78. The van der Waals surface area contributed by atoms with Crippen LogP contribution in [0.4, 0.5) is 0 Å². The maximum absolute atomic E-state index is 10.4. The van der Waals surface area contributed by atoms with E-state index in [1.54, 1.807) is 6.92 Å². The Hall–Kier alpha value is -0.160. The molecule has 1 aliphatic rings. The minimum Gasteiger partial charge on any atom is -0.212 e. The number of hydrogen-bond donors (Lipinski definition) is 0. The normalized spacial score (nSPS) is 21.0. The molecule has 4 nitrogen and oxygen atoms in total. The molecular weight excluding hydrogens is 176 g/mol. The third-order valence-corrected chi connectivity index (χ3v) is 2.42. The highest BCUT2D eigenvalue weighted by molar-refractivity contribution is 8.13. The van der Waals surface area contributed by atoms with Crippen molar-refractivity contribution in [2.24, 2.45) is 10.2 Å². The van der Waals surface area contributed by atoms with Crippen molar-refractivity contribution >= 4 is 19.7 Å². The molecule has 0 spiro atoms. The van der Waals surface area contributed by atoms with Gasteiger partial charge in [0.1, 0.15) is 0 Å². The van der Waals surface area contributed by atoms with E-state index in [-0.39, 0.29) is 5.75 Å². The standard InChI is InChI=1S/C4H7ClN2O2S/c1-4(6-7-4)2-3-10(5,8)9/h2-3H2,1H3. The van der Waals surface area contributed by atoms with Gasteiger partial charge in [0.2, 0.25) is 9.05 Å². The minimum absolute atomic E-state index is 0.0575. The molecule has 0 unspecified atom stereocenters. The lowest BCUT2D eigenvalue weighted by Gasteiger charge is -1.98. The van der Waals surface area contributed by atoms with Gasteiger partial charge in [-0.3, -0.25) is 0 Å². The van der Waals surface area contributed by atoms with E-state index in [1.807, 2.05) is 0 Å². The largest absolute Gasteiger partial charge is 0.232 e. The summed E-state index contributed by atoms with van der Waals surface area (Å²) in [4.78, 5) is 0. The lowest BCUT2D eigenvalue weighted by molar-refractivity contribution is 0.589. The molecule has 10 heavy (non-hydrogen) atoms. The van der Waals surface area contributed by atoms with Gasteiger partial charge in [-0.05, 0) is 6.92 Å². The number of halogens is 1. The lowest BCUT2D eigenvalue weighted by Crippen LogP contribution is -2.10. The fourth-order valence-corrected chi connectivity index (χ4v) is 1.36. The van der Waals surface area contributed by atoms with Crippen molar-refractivity contribution in [3.05, 3.63) is 0 Å². The van der Waals surface area contributed by atoms with E-state index in [0.717, 1.165) is 0 Å². The Balaban J connectivity index is 2.31. The zero-order valence-corrected chi connectivity index (χ0v) is 6.98. The van der Waals surface area contributed by atoms with Gasteiger partial charge in [-0.2, -0.15) is 10.2 Å². The van der Waals surface area contributed by atoms with Gasteiger partial charge < -0.3 is 0 Å². The third kappa shape index (κ3) is 2.62. The molecule has 0 fully saturated rings. The van der Waals surface area contributed by atoms with Crippen LogP contribution in [0.3, 0.4) is 0 Å². The van der Waals surface area contributed by atoms with Crippen LogP contribution >= 0.6 is 10.7 Å². The van der Waals surface area contributed by atoms with E-state index in [0.29, 0.717) is 6.42 Å². The van der Waals surface area contributed by atoms with E-state index in [1.165, 1.54) is 0 Å². The molecule has 0 aromatic rings. The molecule has 0 N–H and O–H groups in total. The summed E-state index contributed by atoms with van der Waals surface area (Å²) in [6.07, 6.45) is 0.388. The van der Waals surface area contributed by atoms with Crippen molar-refractivity contribution < 1.29 is 8.42 Å². The summed E-state index contributed by atoms with van der Waals surface area (Å²) >= 11 is 0. The summed E-state index contributed by atoms with van der Waals surface area (Å²) in [7, 11) is 1.59. The first kappa shape index (κ1) is 7.94. The lowest BCUT2D eigenvalue weighted by atomic mass is 10.2. The fourth-order valence-electron chi connectivity index (χ4n) is 0.501. The third-order valence-electron chi connectivity index (χ3n) is 1.26. The molecule has 0 saturated carbocycles. The summed E-state index contributed by atoms with van der Waals surface area (Å²) < 4.78 is 20.8. The maximum atomic E-state index is 10.4. The zero-order chi connectivity index (χ0) is 7.83. The highest BCUT2D eigenvalue weighted by atomic mass is 35.7. The maximum Gasteiger partial charge on any atom is 0.232 e. The molecule has 0 bridgehead atoms. The first-order valence-corrected chi connectivity index (χ1v) is 5.26. The summed E-state index contributed by atoms with van der Waals surface area (Å²) in [6.45, 7) is 1.76. The van der Waals surface area contributed by atoms with Crippen molar-refractivity contribution in [1.29, 1.82) is 0 Å². The van der Waals surface area contributed by atoms with Crippen LogP contribution < -0.4 is 0 Å². The smallest absolute Gasteiger partial charge is 0.212 e. The number of nitrogens with zero attached hydrogens (tertiary/aromatic N) is 2. The van der Waals surface area contributed by atoms with Gasteiger partial charge in [-0.25, -0.2) is 8.42 Å². The van der Waals surface area contributed by atoms with Gasteiger partial charge in [0, 0.05) is 17.1 Å². The highest BCUT2D eigenvalue weighted by Gasteiger charge is 2.34. The second-order valence-corrected chi connectivity index (χ2v) is 5.31. The number of hydrogen-bond acceptors (Lipinski definition) is 4. The average Bonchev–Trinajstić information content (AvgIpc) is 2.43. The summed E-state index contributed by atoms with van der Waals surface area (Å²) in [5.74, 6) is -0.0575. The highest BCUT2D eigenvalue weighted by Crippen LogP contribution is 2.31. The molecule has 1 aliphatic heterocycles. The quantitative estimate of drug-likeness (QED) is 0.615. The van der Waals surface area contributed by atoms with Crippen molar-refractivity contribution in [1.82, 2.24) is 0 Å². The SMILES string of the molecule is CC1(CCS(=O)(=O)Cl)N=N1. The number of rotatable bonds is 3. The van der Waals surface area contributed by atoms with Crippen molar-refractivity contribution in [2.45, 2.75) is 19.0 Å². The Morgan fingerprint density at radius 1 is 1.50 bits per heavy atom. The molecule has 0 amide bonds. The van der Waals surface area contributed by atoms with E-state index < -0.39 is 14.7 Å². The Bertz CT molecular complexity index is 252. The van der Waals surface area contributed by atoms with Crippen molar-refractivity contribution in [2.75, 3.05) is 5.75 Å². The molecule has 0 atom stereocenters. The monoisotopic (exact) mass is 182 g/mol. The Morgan fingerprint density at radius 3 is 2.30 bits per heavy atom. The van der Waals surface area contributed by atoms with Crippen LogP contribution in [0.25, 0.3) is 0 Å². The Morgan fingerprint density at radius 2 is 2.00 bits per heavy atom. The van der Waals surface area contributed by atoms with Gasteiger partial charge in [0.15, 0.2) is 5.66 Å². The van der Waals surface area contributed by atoms with Crippen LogP contribution in [0.15, 0.2) is 10.2 Å². The van der Waals surface area contributed by atoms with Crippen LogP contribution in [0.5, 0.6) is 0 Å². The first-order chi connectivity index (χ1) is 4.41. The summed E-state index contributed by atoms with van der Waals surface area (Å²) in [5, 5.41) is 7.28. The van der Waals surface area contributed by atoms with Crippen LogP contribution in [0, 0.1) is 0 Å². The molecule has 0 aromatic heterocycles. The van der Waals surface area contributed by atoms with Crippen molar-refractivity contribution in [3.8, 4) is 0 Å². The van der Waals surface area contributed by atoms with Crippen LogP contribution in [0.2, 0.25) is 0 Å². The molecule has 6 heteroatoms. The molecule has 58 valence electrons. The van der Waals surface area contributed by atoms with Gasteiger partial charge in [-0.15, -0.1) is 0 Å². The summed E-state index contributed by atoms with van der Waals surface area (Å²) in [5.41, 5.74) is -0.456. The van der Waals surface area contributed by atoms with Crippen LogP contribution in [-0.4, -0.2) is 19.8 Å². The molecule has 0 radical (unpaired) electrons. The van der Waals surface area contributed by atoms with E-state index >= 15 is 0 Å². The molecule has 1 heterocycles. The predicted octanol–water partition coefficient (Wildman–Crippen LogP) is 1.13. The van der Waals surface area contributed by atoms with E-state index in [9.17, 15) is 8.42 Å². The summed E-state index contributed by atoms with van der Waals surface area (Å²) in [6, 6.07) is 0. The second-order valence-electron chi connectivity index (χ2n) is 2.41.